The Hall–Kier alpha value is -2.77. The molecule has 0 radical (unpaired) electrons. The second kappa shape index (κ2) is 9.47. The van der Waals surface area contributed by atoms with Crippen molar-refractivity contribution < 1.29 is 4.74 Å². The van der Waals surface area contributed by atoms with Crippen LogP contribution in [0.3, 0.4) is 0 Å². The SMILES string of the molecule is COc1ccc(N2C(=S)NC(c3ccccn3)C2c2cccn2-c2ccc(Cl)cc2Cl)cc1Cl. The van der Waals surface area contributed by atoms with Crippen LogP contribution < -0.4 is 15.0 Å². The number of methoxy groups -OCH3 is 1. The fourth-order valence-electron chi connectivity index (χ4n) is 4.27. The highest BCUT2D eigenvalue weighted by Gasteiger charge is 2.42. The number of rotatable bonds is 5. The Labute approximate surface area is 217 Å². The number of benzene rings is 2. The molecule has 2 unspecified atom stereocenters. The van der Waals surface area contributed by atoms with Crippen molar-refractivity contribution >= 4 is 57.8 Å². The molecular weight excluding hydrogens is 511 g/mol. The van der Waals surface area contributed by atoms with Gasteiger partial charge in [0, 0.05) is 28.8 Å². The van der Waals surface area contributed by atoms with Crippen molar-refractivity contribution in [2.45, 2.75) is 12.1 Å². The summed E-state index contributed by atoms with van der Waals surface area (Å²) in [5.41, 5.74) is 3.49. The number of hydrogen-bond acceptors (Lipinski definition) is 3. The topological polar surface area (TPSA) is 42.3 Å². The Bertz CT molecular complexity index is 1360. The molecule has 0 amide bonds. The molecule has 1 N–H and O–H groups in total. The van der Waals surface area contributed by atoms with Crippen molar-refractivity contribution in [1.29, 1.82) is 0 Å². The molecule has 172 valence electrons. The van der Waals surface area contributed by atoms with Gasteiger partial charge < -0.3 is 19.5 Å². The molecule has 0 bridgehead atoms. The Kier molecular flexibility index (Phi) is 6.40. The van der Waals surface area contributed by atoms with Crippen molar-refractivity contribution in [2.75, 3.05) is 12.0 Å². The molecule has 34 heavy (non-hydrogen) atoms. The quantitative estimate of drug-likeness (QED) is 0.281. The average Bonchev–Trinajstić information content (AvgIpc) is 3.43. The van der Waals surface area contributed by atoms with Gasteiger partial charge in [0.2, 0.25) is 0 Å². The lowest BCUT2D eigenvalue weighted by Crippen LogP contribution is -2.30. The van der Waals surface area contributed by atoms with Gasteiger partial charge in [-0.2, -0.15) is 0 Å². The molecule has 5 nitrogen and oxygen atoms in total. The van der Waals surface area contributed by atoms with Gasteiger partial charge in [0.05, 0.1) is 34.6 Å². The lowest BCUT2D eigenvalue weighted by atomic mass is 10.0. The van der Waals surface area contributed by atoms with Crippen molar-refractivity contribution in [3.05, 3.63) is 106 Å². The van der Waals surface area contributed by atoms with E-state index in [0.717, 1.165) is 22.8 Å². The fraction of sp³-hybridized carbons (Fsp3) is 0.120. The number of nitrogens with zero attached hydrogens (tertiary/aromatic N) is 3. The van der Waals surface area contributed by atoms with Crippen LogP contribution in [0, 0.1) is 0 Å². The smallest absolute Gasteiger partial charge is 0.174 e. The summed E-state index contributed by atoms with van der Waals surface area (Å²) >= 11 is 25.0. The Balaban J connectivity index is 1.68. The van der Waals surface area contributed by atoms with E-state index >= 15 is 0 Å². The van der Waals surface area contributed by atoms with Crippen LogP contribution in [0.15, 0.2) is 79.1 Å². The predicted molar refractivity (Wildman–Crippen MR) is 142 cm³/mol. The number of pyridine rings is 1. The standard InChI is InChI=1S/C25H19Cl3N4OS/c1-33-22-10-8-16(14-18(22)28)32-24(23(30-25(32)34)19-5-2-3-11-29-19)21-6-4-12-31(21)20-9-7-15(26)13-17(20)27/h2-14,23-24H,1H3,(H,30,34). The zero-order valence-electron chi connectivity index (χ0n) is 18.0. The second-order valence-electron chi connectivity index (χ2n) is 7.71. The Morgan fingerprint density at radius 2 is 1.82 bits per heavy atom. The van der Waals surface area contributed by atoms with Gasteiger partial charge in [0.25, 0.3) is 0 Å². The van der Waals surface area contributed by atoms with Crippen molar-refractivity contribution in [3.63, 3.8) is 0 Å². The number of hydrogen-bond donors (Lipinski definition) is 1. The zero-order valence-corrected chi connectivity index (χ0v) is 21.0. The summed E-state index contributed by atoms with van der Waals surface area (Å²) in [5, 5.41) is 5.65. The summed E-state index contributed by atoms with van der Waals surface area (Å²) in [4.78, 5) is 6.66. The number of nitrogens with one attached hydrogen (secondary N) is 1. The first-order chi connectivity index (χ1) is 16.5. The molecule has 2 aromatic carbocycles. The van der Waals surface area contributed by atoms with Gasteiger partial charge in [-0.1, -0.05) is 40.9 Å². The highest BCUT2D eigenvalue weighted by molar-refractivity contribution is 7.80. The van der Waals surface area contributed by atoms with Gasteiger partial charge in [0.15, 0.2) is 5.11 Å². The largest absolute Gasteiger partial charge is 0.495 e. The van der Waals surface area contributed by atoms with E-state index < -0.39 is 0 Å². The van der Waals surface area contributed by atoms with Gasteiger partial charge in [-0.3, -0.25) is 4.98 Å². The van der Waals surface area contributed by atoms with Crippen molar-refractivity contribution in [1.82, 2.24) is 14.9 Å². The third-order valence-corrected chi connectivity index (χ3v) is 6.91. The van der Waals surface area contributed by atoms with Gasteiger partial charge in [-0.05, 0) is 72.9 Å². The molecule has 9 heteroatoms. The van der Waals surface area contributed by atoms with Crippen LogP contribution in [0.2, 0.25) is 15.1 Å². The summed E-state index contributed by atoms with van der Waals surface area (Å²) in [5.74, 6) is 0.595. The number of anilines is 1. The maximum Gasteiger partial charge on any atom is 0.174 e. The highest BCUT2D eigenvalue weighted by Crippen LogP contribution is 2.44. The second-order valence-corrected chi connectivity index (χ2v) is 9.35. The Morgan fingerprint density at radius 3 is 2.53 bits per heavy atom. The normalized spacial score (nSPS) is 17.6. The molecule has 1 saturated heterocycles. The van der Waals surface area contributed by atoms with Crippen LogP contribution in [-0.4, -0.2) is 21.8 Å². The number of thiocarbonyl (C=S) groups is 1. The minimum atomic E-state index is -0.242. The van der Waals surface area contributed by atoms with Gasteiger partial charge in [-0.25, -0.2) is 0 Å². The molecule has 2 atom stereocenters. The predicted octanol–water partition coefficient (Wildman–Crippen LogP) is 7.02. The summed E-state index contributed by atoms with van der Waals surface area (Å²) in [7, 11) is 1.59. The first-order valence-corrected chi connectivity index (χ1v) is 12.0. The van der Waals surface area contributed by atoms with E-state index in [-0.39, 0.29) is 12.1 Å². The fourth-order valence-corrected chi connectivity index (χ4v) is 5.37. The minimum absolute atomic E-state index is 0.214. The van der Waals surface area contributed by atoms with Gasteiger partial charge >= 0.3 is 0 Å². The summed E-state index contributed by atoms with van der Waals surface area (Å²) < 4.78 is 7.39. The zero-order chi connectivity index (χ0) is 23.8. The maximum absolute atomic E-state index is 6.59. The monoisotopic (exact) mass is 528 g/mol. The van der Waals surface area contributed by atoms with Gasteiger partial charge in [0.1, 0.15) is 11.8 Å². The van der Waals surface area contributed by atoms with E-state index in [2.05, 4.69) is 21.3 Å². The molecule has 5 rings (SSSR count). The van der Waals surface area contributed by atoms with Crippen LogP contribution >= 0.6 is 47.0 Å². The first kappa shape index (κ1) is 23.0. The summed E-state index contributed by atoms with van der Waals surface area (Å²) in [6.07, 6.45) is 3.75. The molecular formula is C25H19Cl3N4OS. The number of aromatic nitrogens is 2. The molecule has 1 aliphatic heterocycles. The number of ether oxygens (including phenoxy) is 1. The van der Waals surface area contributed by atoms with Crippen LogP contribution in [0.1, 0.15) is 23.5 Å². The van der Waals surface area contributed by atoms with E-state index in [4.69, 9.17) is 51.8 Å². The van der Waals surface area contributed by atoms with E-state index in [1.54, 1.807) is 19.4 Å². The highest BCUT2D eigenvalue weighted by atomic mass is 35.5. The summed E-state index contributed by atoms with van der Waals surface area (Å²) in [6.45, 7) is 0. The van der Waals surface area contributed by atoms with E-state index in [0.29, 0.717) is 25.9 Å². The lowest BCUT2D eigenvalue weighted by molar-refractivity contribution is 0.415. The molecule has 3 heterocycles. The van der Waals surface area contributed by atoms with Crippen LogP contribution in [-0.2, 0) is 0 Å². The van der Waals surface area contributed by atoms with Crippen molar-refractivity contribution in [3.8, 4) is 11.4 Å². The third-order valence-electron chi connectivity index (χ3n) is 5.76. The van der Waals surface area contributed by atoms with Crippen LogP contribution in [0.25, 0.3) is 5.69 Å². The van der Waals surface area contributed by atoms with E-state index in [9.17, 15) is 0 Å². The molecule has 1 fully saturated rings. The van der Waals surface area contributed by atoms with Crippen LogP contribution in [0.4, 0.5) is 5.69 Å². The van der Waals surface area contributed by atoms with E-state index in [1.165, 1.54) is 0 Å². The molecule has 2 aromatic heterocycles. The van der Waals surface area contributed by atoms with Crippen molar-refractivity contribution in [2.24, 2.45) is 0 Å². The van der Waals surface area contributed by atoms with Crippen LogP contribution in [0.5, 0.6) is 5.75 Å². The molecule has 4 aromatic rings. The van der Waals surface area contributed by atoms with E-state index in [1.807, 2.05) is 65.4 Å². The number of halogens is 3. The summed E-state index contributed by atoms with van der Waals surface area (Å²) in [6, 6.07) is 20.5. The third kappa shape index (κ3) is 4.12. The lowest BCUT2D eigenvalue weighted by Gasteiger charge is -2.29. The Morgan fingerprint density at radius 1 is 0.971 bits per heavy atom. The molecule has 0 spiro atoms. The molecule has 0 saturated carbocycles. The molecule has 1 aliphatic rings. The minimum Gasteiger partial charge on any atom is -0.495 e. The average molecular weight is 530 g/mol. The van der Waals surface area contributed by atoms with Gasteiger partial charge in [-0.15, -0.1) is 0 Å². The maximum atomic E-state index is 6.59. The first-order valence-electron chi connectivity index (χ1n) is 10.4. The molecule has 0 aliphatic carbocycles.